The van der Waals surface area contributed by atoms with Gasteiger partial charge in [0.1, 0.15) is 6.33 Å². The molecule has 152 valence electrons. The minimum atomic E-state index is 0.153. The van der Waals surface area contributed by atoms with Crippen molar-refractivity contribution in [2.45, 2.75) is 12.5 Å². The van der Waals surface area contributed by atoms with E-state index in [9.17, 15) is 0 Å². The van der Waals surface area contributed by atoms with Gasteiger partial charge in [-0.15, -0.1) is 0 Å². The topological polar surface area (TPSA) is 61.6 Å². The molecule has 2 heterocycles. The van der Waals surface area contributed by atoms with Crippen LogP contribution >= 0.6 is 12.2 Å². The summed E-state index contributed by atoms with van der Waals surface area (Å²) < 4.78 is 1.98. The molecule has 3 aromatic carbocycles. The molecule has 7 heteroatoms. The molecule has 0 saturated heterocycles. The first-order chi connectivity index (χ1) is 15.3. The molecule has 1 aliphatic rings. The summed E-state index contributed by atoms with van der Waals surface area (Å²) in [5.74, 6) is 0. The van der Waals surface area contributed by atoms with Gasteiger partial charge >= 0.3 is 0 Å². The zero-order valence-corrected chi connectivity index (χ0v) is 17.5. The second-order valence-electron chi connectivity index (χ2n) is 7.23. The van der Waals surface area contributed by atoms with Crippen molar-refractivity contribution in [2.75, 3.05) is 5.01 Å². The molecule has 1 atom stereocenters. The highest BCUT2D eigenvalue weighted by Gasteiger charge is 2.29. The molecule has 0 amide bonds. The number of hydrogen-bond donors (Lipinski definition) is 1. The van der Waals surface area contributed by atoms with E-state index in [1.807, 2.05) is 24.3 Å². The van der Waals surface area contributed by atoms with Gasteiger partial charge in [0.2, 0.25) is 4.77 Å². The van der Waals surface area contributed by atoms with Crippen LogP contribution in [0.4, 0.5) is 5.69 Å². The molecule has 0 spiro atoms. The molecule has 1 N–H and O–H groups in total. The van der Waals surface area contributed by atoms with Crippen LogP contribution < -0.4 is 5.01 Å². The van der Waals surface area contributed by atoms with Crippen LogP contribution in [0.5, 0.6) is 0 Å². The summed E-state index contributed by atoms with van der Waals surface area (Å²) in [5, 5.41) is 18.0. The molecule has 1 aliphatic heterocycles. The monoisotopic (exact) mass is 424 g/mol. The Morgan fingerprint density at radius 3 is 2.32 bits per heavy atom. The van der Waals surface area contributed by atoms with Crippen molar-refractivity contribution < 1.29 is 0 Å². The first kappa shape index (κ1) is 19.1. The minimum Gasteiger partial charge on any atom is -0.257 e. The average Bonchev–Trinajstić information content (AvgIpc) is 3.46. The Bertz CT molecular complexity index is 1270. The third-order valence-corrected chi connectivity index (χ3v) is 5.50. The van der Waals surface area contributed by atoms with Crippen LogP contribution in [0, 0.1) is 4.77 Å². The standard InChI is InChI=1S/C24H20N6S/c31-24-27-25-17-29(24)26-16-18-11-13-21(14-12-18)30-23(20-9-5-2-6-10-20)15-22(28-30)19-7-3-1-4-8-19/h1-14,16-17,23H,15H2,(H,27,31)/b26-16-. The highest BCUT2D eigenvalue weighted by molar-refractivity contribution is 7.71. The Labute approximate surface area is 185 Å². The Hall–Kier alpha value is -3.84. The lowest BCUT2D eigenvalue weighted by atomic mass is 9.98. The summed E-state index contributed by atoms with van der Waals surface area (Å²) in [6, 6.07) is 29.3. The number of aromatic nitrogens is 3. The van der Waals surface area contributed by atoms with Crippen LogP contribution in [0.1, 0.15) is 29.2 Å². The number of anilines is 1. The highest BCUT2D eigenvalue weighted by Crippen LogP contribution is 2.36. The van der Waals surface area contributed by atoms with Gasteiger partial charge in [-0.2, -0.15) is 20.0 Å². The van der Waals surface area contributed by atoms with Gasteiger partial charge in [-0.1, -0.05) is 72.8 Å². The first-order valence-corrected chi connectivity index (χ1v) is 10.4. The van der Waals surface area contributed by atoms with E-state index >= 15 is 0 Å². The zero-order chi connectivity index (χ0) is 21.0. The van der Waals surface area contributed by atoms with Crippen molar-refractivity contribution in [1.29, 1.82) is 0 Å². The Kier molecular flexibility index (Phi) is 5.24. The molecule has 31 heavy (non-hydrogen) atoms. The van der Waals surface area contributed by atoms with Crippen LogP contribution in [0.2, 0.25) is 0 Å². The third-order valence-electron chi connectivity index (χ3n) is 5.23. The van der Waals surface area contributed by atoms with Gasteiger partial charge in [0.25, 0.3) is 0 Å². The largest absolute Gasteiger partial charge is 0.257 e. The van der Waals surface area contributed by atoms with E-state index in [1.54, 1.807) is 12.5 Å². The summed E-state index contributed by atoms with van der Waals surface area (Å²) in [6.07, 6.45) is 4.16. The summed E-state index contributed by atoms with van der Waals surface area (Å²) >= 11 is 5.11. The molecule has 0 aliphatic carbocycles. The molecule has 0 radical (unpaired) electrons. The number of nitrogens with zero attached hydrogens (tertiary/aromatic N) is 5. The van der Waals surface area contributed by atoms with E-state index in [1.165, 1.54) is 10.2 Å². The first-order valence-electron chi connectivity index (χ1n) is 10.0. The third kappa shape index (κ3) is 4.08. The van der Waals surface area contributed by atoms with Gasteiger partial charge in [-0.3, -0.25) is 10.1 Å². The number of H-pyrrole nitrogens is 1. The van der Waals surface area contributed by atoms with Crippen molar-refractivity contribution >= 4 is 29.8 Å². The fourth-order valence-electron chi connectivity index (χ4n) is 3.65. The van der Waals surface area contributed by atoms with Crippen molar-refractivity contribution in [1.82, 2.24) is 14.9 Å². The van der Waals surface area contributed by atoms with Gasteiger partial charge in [0, 0.05) is 6.42 Å². The summed E-state index contributed by atoms with van der Waals surface area (Å²) in [5.41, 5.74) is 5.50. The lowest BCUT2D eigenvalue weighted by molar-refractivity contribution is 0.709. The quantitative estimate of drug-likeness (QED) is 0.355. The van der Waals surface area contributed by atoms with Crippen LogP contribution in [0.3, 0.4) is 0 Å². The van der Waals surface area contributed by atoms with E-state index < -0.39 is 0 Å². The van der Waals surface area contributed by atoms with Crippen LogP contribution in [-0.2, 0) is 0 Å². The normalized spacial score (nSPS) is 16.1. The molecular weight excluding hydrogens is 404 g/mol. The number of rotatable bonds is 5. The van der Waals surface area contributed by atoms with E-state index in [4.69, 9.17) is 17.3 Å². The Morgan fingerprint density at radius 1 is 0.935 bits per heavy atom. The number of aromatic amines is 1. The van der Waals surface area contributed by atoms with Gasteiger partial charge in [-0.05, 0) is 41.0 Å². The second-order valence-corrected chi connectivity index (χ2v) is 7.62. The van der Waals surface area contributed by atoms with Crippen LogP contribution in [0.15, 0.2) is 101 Å². The number of benzene rings is 3. The van der Waals surface area contributed by atoms with Gasteiger partial charge in [0.05, 0.1) is 23.7 Å². The van der Waals surface area contributed by atoms with Gasteiger partial charge < -0.3 is 0 Å². The smallest absolute Gasteiger partial charge is 0.216 e. The number of nitrogens with one attached hydrogen (secondary N) is 1. The molecule has 1 aromatic heterocycles. The van der Waals surface area contributed by atoms with E-state index in [-0.39, 0.29) is 6.04 Å². The average molecular weight is 425 g/mol. The predicted molar refractivity (Wildman–Crippen MR) is 126 cm³/mol. The lowest BCUT2D eigenvalue weighted by Gasteiger charge is -2.24. The van der Waals surface area contributed by atoms with Crippen molar-refractivity contribution in [3.63, 3.8) is 0 Å². The SMILES string of the molecule is S=c1[nH]ncn1/N=C\c1ccc(N2N=C(c3ccccc3)CC2c2ccccc2)cc1. The van der Waals surface area contributed by atoms with Crippen molar-refractivity contribution in [3.8, 4) is 0 Å². The maximum Gasteiger partial charge on any atom is 0.216 e. The van der Waals surface area contributed by atoms with E-state index in [2.05, 4.69) is 81.0 Å². The second kappa shape index (κ2) is 8.49. The lowest BCUT2D eigenvalue weighted by Crippen LogP contribution is -2.18. The molecule has 0 bridgehead atoms. The van der Waals surface area contributed by atoms with E-state index in [0.717, 1.165) is 28.9 Å². The minimum absolute atomic E-state index is 0.153. The summed E-state index contributed by atoms with van der Waals surface area (Å²) in [7, 11) is 0. The maximum atomic E-state index is 5.11. The fraction of sp³-hybridized carbons (Fsp3) is 0.0833. The summed E-state index contributed by atoms with van der Waals surface area (Å²) in [4.78, 5) is 0. The van der Waals surface area contributed by atoms with Gasteiger partial charge in [0.15, 0.2) is 0 Å². The van der Waals surface area contributed by atoms with Crippen LogP contribution in [0.25, 0.3) is 0 Å². The Morgan fingerprint density at radius 2 is 1.65 bits per heavy atom. The van der Waals surface area contributed by atoms with Crippen molar-refractivity contribution in [2.24, 2.45) is 10.2 Å². The number of hydrogen-bond acceptors (Lipinski definition) is 5. The van der Waals surface area contributed by atoms with E-state index in [0.29, 0.717) is 4.77 Å². The maximum absolute atomic E-state index is 5.11. The number of hydrazone groups is 1. The van der Waals surface area contributed by atoms with Gasteiger partial charge in [-0.25, -0.2) is 0 Å². The molecule has 4 aromatic rings. The Balaban J connectivity index is 1.45. The fourth-order valence-corrected chi connectivity index (χ4v) is 3.80. The molecule has 5 rings (SSSR count). The molecule has 0 fully saturated rings. The zero-order valence-electron chi connectivity index (χ0n) is 16.7. The summed E-state index contributed by atoms with van der Waals surface area (Å²) in [6.45, 7) is 0. The van der Waals surface area contributed by atoms with Crippen molar-refractivity contribution in [3.05, 3.63) is 113 Å². The molecule has 6 nitrogen and oxygen atoms in total. The molecule has 1 unspecified atom stereocenters. The predicted octanol–water partition coefficient (Wildman–Crippen LogP) is 5.18. The highest BCUT2D eigenvalue weighted by atomic mass is 32.1. The van der Waals surface area contributed by atoms with Crippen LogP contribution in [-0.4, -0.2) is 26.8 Å². The molecular formula is C24H20N6S. The molecule has 0 saturated carbocycles.